The molecule has 1 aliphatic rings. The van der Waals surface area contributed by atoms with Crippen LogP contribution in [0.15, 0.2) is 18.2 Å². The summed E-state index contributed by atoms with van der Waals surface area (Å²) in [6.45, 7) is 7.24. The van der Waals surface area contributed by atoms with E-state index in [0.29, 0.717) is 5.75 Å². The maximum absolute atomic E-state index is 9.83. The number of nitrogens with two attached hydrogens (primary N) is 1. The van der Waals surface area contributed by atoms with Gasteiger partial charge in [-0.2, -0.15) is 0 Å². The molecule has 0 aromatic heterocycles. The van der Waals surface area contributed by atoms with Crippen LogP contribution >= 0.6 is 12.4 Å². The summed E-state index contributed by atoms with van der Waals surface area (Å²) in [4.78, 5) is 0. The van der Waals surface area contributed by atoms with Crippen molar-refractivity contribution < 1.29 is 9.84 Å². The van der Waals surface area contributed by atoms with Gasteiger partial charge in [0.1, 0.15) is 5.75 Å². The first kappa shape index (κ1) is 18.3. The van der Waals surface area contributed by atoms with Crippen molar-refractivity contribution >= 4 is 12.4 Å². The predicted octanol–water partition coefficient (Wildman–Crippen LogP) is 3.55. The number of benzene rings is 1. The Morgan fingerprint density at radius 1 is 1.29 bits per heavy atom. The summed E-state index contributed by atoms with van der Waals surface area (Å²) in [6.07, 6.45) is 3.86. The fourth-order valence-electron chi connectivity index (χ4n) is 3.62. The van der Waals surface area contributed by atoms with Crippen molar-refractivity contribution in [3.8, 4) is 5.75 Å². The molecule has 0 heterocycles. The van der Waals surface area contributed by atoms with Gasteiger partial charge in [0.25, 0.3) is 0 Å². The van der Waals surface area contributed by atoms with Gasteiger partial charge in [0, 0.05) is 24.5 Å². The molecule has 1 aromatic carbocycles. The van der Waals surface area contributed by atoms with Crippen molar-refractivity contribution in [2.24, 2.45) is 5.73 Å². The van der Waals surface area contributed by atoms with Crippen molar-refractivity contribution in [1.82, 2.24) is 0 Å². The fourth-order valence-corrected chi connectivity index (χ4v) is 3.62. The fraction of sp³-hybridized carbons (Fsp3) is 0.647. The van der Waals surface area contributed by atoms with E-state index >= 15 is 0 Å². The molecule has 0 bridgehead atoms. The van der Waals surface area contributed by atoms with Crippen LogP contribution in [0, 0.1) is 0 Å². The Kier molecular flexibility index (Phi) is 6.51. The minimum atomic E-state index is -0.0925. The lowest BCUT2D eigenvalue weighted by atomic mass is 9.63. The Labute approximate surface area is 134 Å². The molecule has 0 saturated heterocycles. The molecule has 1 aliphatic carbocycles. The quantitative estimate of drug-likeness (QED) is 0.874. The number of halogens is 1. The molecule has 2 atom stereocenters. The molecule has 3 N–H and O–H groups in total. The first-order valence-electron chi connectivity index (χ1n) is 7.78. The molecule has 0 amide bonds. The summed E-state index contributed by atoms with van der Waals surface area (Å²) in [5, 5.41) is 9.83. The lowest BCUT2D eigenvalue weighted by Crippen LogP contribution is -2.56. The van der Waals surface area contributed by atoms with Gasteiger partial charge in [-0.25, -0.2) is 0 Å². The highest BCUT2D eigenvalue weighted by atomic mass is 35.5. The first-order chi connectivity index (χ1) is 9.58. The minimum absolute atomic E-state index is 0. The highest BCUT2D eigenvalue weighted by Crippen LogP contribution is 2.43. The van der Waals surface area contributed by atoms with Crippen LogP contribution in [0.2, 0.25) is 0 Å². The van der Waals surface area contributed by atoms with Gasteiger partial charge in [0.05, 0.1) is 6.10 Å². The number of hydrogen-bond acceptors (Lipinski definition) is 3. The first-order valence-corrected chi connectivity index (χ1v) is 7.78. The van der Waals surface area contributed by atoms with Crippen LogP contribution in [0.3, 0.4) is 0 Å². The molecule has 1 aromatic rings. The van der Waals surface area contributed by atoms with E-state index in [0.717, 1.165) is 32.3 Å². The van der Waals surface area contributed by atoms with Gasteiger partial charge in [0.2, 0.25) is 0 Å². The highest BCUT2D eigenvalue weighted by Gasteiger charge is 2.45. The molecule has 0 fully saturated rings. The monoisotopic (exact) mass is 313 g/mol. The second-order valence-corrected chi connectivity index (χ2v) is 5.84. The highest BCUT2D eigenvalue weighted by molar-refractivity contribution is 5.85. The van der Waals surface area contributed by atoms with Crippen LogP contribution in [0.4, 0.5) is 0 Å². The van der Waals surface area contributed by atoms with E-state index in [-0.39, 0.29) is 30.0 Å². The SMILES string of the molecule is CCCO[C@H]1Cc2ccc(O)cc2C(CC)(CC)[C@@H]1N.Cl. The zero-order valence-electron chi connectivity index (χ0n) is 13.3. The number of rotatable bonds is 5. The molecule has 0 spiro atoms. The second kappa shape index (κ2) is 7.48. The number of phenolic OH excluding ortho intramolecular Hbond substituents is 1. The Hall–Kier alpha value is -0.770. The van der Waals surface area contributed by atoms with Crippen LogP contribution < -0.4 is 5.73 Å². The molecule has 0 aliphatic heterocycles. The van der Waals surface area contributed by atoms with E-state index in [1.54, 1.807) is 6.07 Å². The summed E-state index contributed by atoms with van der Waals surface area (Å²) in [5.74, 6) is 0.329. The number of phenols is 1. The zero-order chi connectivity index (χ0) is 14.8. The van der Waals surface area contributed by atoms with Crippen LogP contribution in [-0.2, 0) is 16.6 Å². The van der Waals surface area contributed by atoms with E-state index in [2.05, 4.69) is 20.8 Å². The largest absolute Gasteiger partial charge is 0.508 e. The van der Waals surface area contributed by atoms with Gasteiger partial charge < -0.3 is 15.6 Å². The summed E-state index contributed by atoms with van der Waals surface area (Å²) in [5.41, 5.74) is 8.97. The van der Waals surface area contributed by atoms with Crippen molar-refractivity contribution in [2.75, 3.05) is 6.61 Å². The van der Waals surface area contributed by atoms with E-state index in [4.69, 9.17) is 10.5 Å². The molecular formula is C17H28ClNO2. The summed E-state index contributed by atoms with van der Waals surface area (Å²) in [6, 6.07) is 5.68. The van der Waals surface area contributed by atoms with Crippen molar-refractivity contribution in [1.29, 1.82) is 0 Å². The third-order valence-corrected chi connectivity index (χ3v) is 4.89. The lowest BCUT2D eigenvalue weighted by Gasteiger charge is -2.47. The van der Waals surface area contributed by atoms with Crippen LogP contribution in [0.1, 0.15) is 51.2 Å². The summed E-state index contributed by atoms with van der Waals surface area (Å²) in [7, 11) is 0. The van der Waals surface area contributed by atoms with Gasteiger partial charge in [-0.05, 0) is 42.5 Å². The average molecular weight is 314 g/mol. The molecule has 0 radical (unpaired) electrons. The Balaban J connectivity index is 0.00000220. The van der Waals surface area contributed by atoms with Crippen LogP contribution in [0.5, 0.6) is 5.75 Å². The Bertz CT molecular complexity index is 460. The number of ether oxygens (including phenoxy) is 1. The molecule has 0 saturated carbocycles. The second-order valence-electron chi connectivity index (χ2n) is 5.84. The van der Waals surface area contributed by atoms with Crippen LogP contribution in [-0.4, -0.2) is 23.9 Å². The Morgan fingerprint density at radius 2 is 1.95 bits per heavy atom. The summed E-state index contributed by atoms with van der Waals surface area (Å²) < 4.78 is 6.00. The number of aromatic hydroxyl groups is 1. The number of fused-ring (bicyclic) bond motifs is 1. The molecule has 0 unspecified atom stereocenters. The molecule has 2 rings (SSSR count). The zero-order valence-corrected chi connectivity index (χ0v) is 14.1. The molecular weight excluding hydrogens is 286 g/mol. The topological polar surface area (TPSA) is 55.5 Å². The normalized spacial score (nSPS) is 23.2. The van der Waals surface area contributed by atoms with Crippen molar-refractivity contribution in [3.05, 3.63) is 29.3 Å². The van der Waals surface area contributed by atoms with Gasteiger partial charge >= 0.3 is 0 Å². The predicted molar refractivity (Wildman–Crippen MR) is 89.3 cm³/mol. The van der Waals surface area contributed by atoms with Crippen molar-refractivity contribution in [2.45, 2.75) is 64.0 Å². The Morgan fingerprint density at radius 3 is 2.52 bits per heavy atom. The van der Waals surface area contributed by atoms with E-state index in [1.165, 1.54) is 11.1 Å². The third-order valence-electron chi connectivity index (χ3n) is 4.89. The van der Waals surface area contributed by atoms with E-state index in [1.807, 2.05) is 12.1 Å². The van der Waals surface area contributed by atoms with Crippen LogP contribution in [0.25, 0.3) is 0 Å². The molecule has 4 heteroatoms. The van der Waals surface area contributed by atoms with Crippen molar-refractivity contribution in [3.63, 3.8) is 0 Å². The van der Waals surface area contributed by atoms with Gasteiger partial charge in [-0.1, -0.05) is 26.8 Å². The standard InChI is InChI=1S/C17H27NO2.ClH/c1-4-9-20-15-10-12-7-8-13(19)11-14(12)17(5-2,6-3)16(15)18;/h7-8,11,15-16,19H,4-6,9-10,18H2,1-3H3;1H/t15-,16+;/m0./s1. The van der Waals surface area contributed by atoms with Gasteiger partial charge in [-0.3, -0.25) is 0 Å². The molecule has 120 valence electrons. The molecule has 21 heavy (non-hydrogen) atoms. The molecule has 3 nitrogen and oxygen atoms in total. The lowest BCUT2D eigenvalue weighted by molar-refractivity contribution is 0.00534. The summed E-state index contributed by atoms with van der Waals surface area (Å²) >= 11 is 0. The maximum atomic E-state index is 9.83. The third kappa shape index (κ3) is 3.20. The number of hydrogen-bond donors (Lipinski definition) is 2. The average Bonchev–Trinajstić information content (AvgIpc) is 2.46. The van der Waals surface area contributed by atoms with Gasteiger partial charge in [0.15, 0.2) is 0 Å². The smallest absolute Gasteiger partial charge is 0.115 e. The minimum Gasteiger partial charge on any atom is -0.508 e. The van der Waals surface area contributed by atoms with Gasteiger partial charge in [-0.15, -0.1) is 12.4 Å². The van der Waals surface area contributed by atoms with E-state index < -0.39 is 0 Å². The van der Waals surface area contributed by atoms with E-state index in [9.17, 15) is 5.11 Å². The maximum Gasteiger partial charge on any atom is 0.115 e.